The fraction of sp³-hybridized carbons (Fsp3) is 0.385. The van der Waals surface area contributed by atoms with Crippen molar-refractivity contribution in [1.82, 2.24) is 5.32 Å². The van der Waals surface area contributed by atoms with Gasteiger partial charge in [-0.25, -0.2) is 0 Å². The Morgan fingerprint density at radius 1 is 1.28 bits per heavy atom. The van der Waals surface area contributed by atoms with E-state index < -0.39 is 0 Å². The molecule has 0 unspecified atom stereocenters. The summed E-state index contributed by atoms with van der Waals surface area (Å²) >= 11 is 0. The molecule has 0 saturated carbocycles. The largest absolute Gasteiger partial charge is 0.369 e. The third-order valence-electron chi connectivity index (χ3n) is 2.22. The summed E-state index contributed by atoms with van der Waals surface area (Å²) in [6, 6.07) is 6.83. The molecule has 0 aliphatic rings. The third kappa shape index (κ3) is 4.18. The van der Waals surface area contributed by atoms with Crippen LogP contribution in [0, 0.1) is 0 Å². The Bertz CT molecular complexity index is 430. The molecule has 0 aliphatic carbocycles. The molecule has 18 heavy (non-hydrogen) atoms. The Hall–Kier alpha value is -1.88. The van der Waals surface area contributed by atoms with Gasteiger partial charge in [0.25, 0.3) is 5.91 Å². The monoisotopic (exact) mass is 250 g/mol. The molecular formula is C13H18N2O3. The van der Waals surface area contributed by atoms with Crippen LogP contribution in [0.5, 0.6) is 0 Å². The molecule has 1 aromatic rings. The molecule has 0 atom stereocenters. The number of benzene rings is 1. The summed E-state index contributed by atoms with van der Waals surface area (Å²) in [6.45, 7) is 3.68. The van der Waals surface area contributed by atoms with Crippen LogP contribution in [-0.4, -0.2) is 31.6 Å². The normalized spacial score (nSPS) is 10.2. The van der Waals surface area contributed by atoms with Crippen LogP contribution >= 0.6 is 0 Å². The van der Waals surface area contributed by atoms with Crippen molar-refractivity contribution in [3.8, 4) is 0 Å². The summed E-state index contributed by atoms with van der Waals surface area (Å²) in [5, 5.41) is 5.18. The van der Waals surface area contributed by atoms with E-state index in [0.29, 0.717) is 11.3 Å². The van der Waals surface area contributed by atoms with Crippen molar-refractivity contribution in [3.05, 3.63) is 29.8 Å². The highest BCUT2D eigenvalue weighted by Gasteiger charge is 2.11. The molecule has 0 saturated heterocycles. The third-order valence-corrected chi connectivity index (χ3v) is 2.22. The van der Waals surface area contributed by atoms with Crippen molar-refractivity contribution in [1.29, 1.82) is 0 Å². The number of rotatable bonds is 5. The summed E-state index contributed by atoms with van der Waals surface area (Å²) < 4.78 is 5.19. The van der Waals surface area contributed by atoms with Crippen LogP contribution < -0.4 is 10.6 Å². The highest BCUT2D eigenvalue weighted by molar-refractivity contribution is 6.03. The van der Waals surface area contributed by atoms with Gasteiger partial charge in [-0.2, -0.15) is 0 Å². The number of anilines is 1. The second-order valence-electron chi connectivity index (χ2n) is 4.03. The molecule has 1 aromatic carbocycles. The smallest absolute Gasteiger partial charge is 0.253 e. The fourth-order valence-corrected chi connectivity index (χ4v) is 1.35. The maximum absolute atomic E-state index is 11.6. The number of hydrogen-bond acceptors (Lipinski definition) is 3. The Morgan fingerprint density at radius 2 is 1.94 bits per heavy atom. The van der Waals surface area contributed by atoms with Crippen LogP contribution in [0.2, 0.25) is 0 Å². The number of para-hydroxylation sites is 1. The lowest BCUT2D eigenvalue weighted by molar-refractivity contribution is -0.121. The molecule has 0 fully saturated rings. The van der Waals surface area contributed by atoms with E-state index in [1.807, 2.05) is 13.8 Å². The lowest BCUT2D eigenvalue weighted by Gasteiger charge is -2.11. The van der Waals surface area contributed by atoms with Gasteiger partial charge in [-0.05, 0) is 26.0 Å². The lowest BCUT2D eigenvalue weighted by atomic mass is 10.1. The highest BCUT2D eigenvalue weighted by atomic mass is 16.5. The minimum absolute atomic E-state index is 0.00932. The second-order valence-corrected chi connectivity index (χ2v) is 4.03. The Balaban J connectivity index is 2.72. The second kappa shape index (κ2) is 6.76. The molecule has 98 valence electrons. The Labute approximate surface area is 107 Å². The minimum Gasteiger partial charge on any atom is -0.369 e. The fourth-order valence-electron chi connectivity index (χ4n) is 1.35. The van der Waals surface area contributed by atoms with E-state index in [1.165, 1.54) is 0 Å². The molecule has 0 heterocycles. The van der Waals surface area contributed by atoms with Crippen molar-refractivity contribution in [2.45, 2.75) is 20.0 Å². The number of ether oxygens (including phenoxy) is 1. The van der Waals surface area contributed by atoms with Crippen molar-refractivity contribution in [3.63, 3.8) is 0 Å². The van der Waals surface area contributed by atoms with Crippen molar-refractivity contribution < 1.29 is 14.3 Å². The Morgan fingerprint density at radius 3 is 2.56 bits per heavy atom. The molecule has 0 aliphatic heterocycles. The molecule has 0 bridgehead atoms. The van der Waals surface area contributed by atoms with Gasteiger partial charge in [0.05, 0.1) is 17.4 Å². The van der Waals surface area contributed by atoms with Crippen LogP contribution in [0.15, 0.2) is 24.3 Å². The first-order chi connectivity index (χ1) is 8.54. The van der Waals surface area contributed by atoms with Gasteiger partial charge in [0.1, 0.15) is 6.61 Å². The summed E-state index contributed by atoms with van der Waals surface area (Å²) in [6.07, 6.45) is -0.00932. The van der Waals surface area contributed by atoms with E-state index >= 15 is 0 Å². The molecule has 0 aromatic heterocycles. The lowest BCUT2D eigenvalue weighted by Crippen LogP contribution is -2.24. The average Bonchev–Trinajstić information content (AvgIpc) is 2.36. The first-order valence-electron chi connectivity index (χ1n) is 5.77. The molecular weight excluding hydrogens is 232 g/mol. The number of nitrogens with one attached hydrogen (secondary N) is 2. The average molecular weight is 250 g/mol. The Kier molecular flexibility index (Phi) is 5.32. The zero-order valence-corrected chi connectivity index (χ0v) is 10.8. The summed E-state index contributed by atoms with van der Waals surface area (Å²) in [5.74, 6) is -0.518. The first kappa shape index (κ1) is 14.2. The molecule has 5 nitrogen and oxygen atoms in total. The van der Waals surface area contributed by atoms with E-state index in [9.17, 15) is 9.59 Å². The zero-order chi connectivity index (χ0) is 13.5. The topological polar surface area (TPSA) is 67.4 Å². The van der Waals surface area contributed by atoms with Crippen LogP contribution in [0.1, 0.15) is 24.2 Å². The van der Waals surface area contributed by atoms with Gasteiger partial charge in [-0.15, -0.1) is 0 Å². The molecule has 5 heteroatoms. The van der Waals surface area contributed by atoms with Gasteiger partial charge >= 0.3 is 0 Å². The molecule has 2 N–H and O–H groups in total. The minimum atomic E-state index is -0.278. The van der Waals surface area contributed by atoms with Gasteiger partial charge < -0.3 is 15.4 Å². The quantitative estimate of drug-likeness (QED) is 0.830. The summed E-state index contributed by atoms with van der Waals surface area (Å²) in [7, 11) is 1.54. The van der Waals surface area contributed by atoms with Gasteiger partial charge in [-0.3, -0.25) is 9.59 Å². The van der Waals surface area contributed by atoms with E-state index in [0.717, 1.165) is 0 Å². The SMILES string of the molecule is CNC(=O)c1ccccc1NC(=O)COC(C)C. The van der Waals surface area contributed by atoms with E-state index in [-0.39, 0.29) is 24.5 Å². The summed E-state index contributed by atoms with van der Waals surface area (Å²) in [4.78, 5) is 23.2. The molecule has 1 rings (SSSR count). The number of hydrogen-bond donors (Lipinski definition) is 2. The van der Waals surface area contributed by atoms with Gasteiger partial charge in [0.15, 0.2) is 0 Å². The number of amides is 2. The predicted molar refractivity (Wildman–Crippen MR) is 69.5 cm³/mol. The van der Waals surface area contributed by atoms with Gasteiger partial charge in [-0.1, -0.05) is 12.1 Å². The van der Waals surface area contributed by atoms with Gasteiger partial charge in [0, 0.05) is 7.05 Å². The van der Waals surface area contributed by atoms with Crippen LogP contribution in [0.3, 0.4) is 0 Å². The van der Waals surface area contributed by atoms with Crippen LogP contribution in [0.4, 0.5) is 5.69 Å². The molecule has 0 spiro atoms. The standard InChI is InChI=1S/C13H18N2O3/c1-9(2)18-8-12(16)15-11-7-5-4-6-10(11)13(17)14-3/h4-7,9H,8H2,1-3H3,(H,14,17)(H,15,16). The van der Waals surface area contributed by atoms with Crippen molar-refractivity contribution in [2.75, 3.05) is 19.0 Å². The zero-order valence-electron chi connectivity index (χ0n) is 10.8. The predicted octanol–water partition coefficient (Wildman–Crippen LogP) is 1.41. The maximum atomic E-state index is 11.6. The van der Waals surface area contributed by atoms with Crippen molar-refractivity contribution >= 4 is 17.5 Å². The molecule has 2 amide bonds. The van der Waals surface area contributed by atoms with Crippen LogP contribution in [-0.2, 0) is 9.53 Å². The number of carbonyl (C=O) groups is 2. The number of carbonyl (C=O) groups excluding carboxylic acids is 2. The van der Waals surface area contributed by atoms with Crippen LogP contribution in [0.25, 0.3) is 0 Å². The van der Waals surface area contributed by atoms with E-state index in [2.05, 4.69) is 10.6 Å². The maximum Gasteiger partial charge on any atom is 0.253 e. The van der Waals surface area contributed by atoms with E-state index in [4.69, 9.17) is 4.74 Å². The molecule has 0 radical (unpaired) electrons. The van der Waals surface area contributed by atoms with E-state index in [1.54, 1.807) is 31.3 Å². The first-order valence-corrected chi connectivity index (χ1v) is 5.77. The summed E-state index contributed by atoms with van der Waals surface area (Å²) in [5.41, 5.74) is 0.909. The van der Waals surface area contributed by atoms with Crippen molar-refractivity contribution in [2.24, 2.45) is 0 Å². The highest BCUT2D eigenvalue weighted by Crippen LogP contribution is 2.14. The van der Waals surface area contributed by atoms with Gasteiger partial charge in [0.2, 0.25) is 5.91 Å².